The second kappa shape index (κ2) is 16.0. The fraction of sp³-hybridized carbons (Fsp3) is 0.710. The molecule has 1 heterocycles. The predicted octanol–water partition coefficient (Wildman–Crippen LogP) is 4.06. The fourth-order valence-corrected chi connectivity index (χ4v) is 5.97. The molecule has 1 N–H and O–H groups in total. The molecule has 39 heavy (non-hydrogen) atoms. The maximum Gasteiger partial charge on any atom is 0.225 e. The highest BCUT2D eigenvalue weighted by atomic mass is 16.5. The van der Waals surface area contributed by atoms with Gasteiger partial charge in [-0.15, -0.1) is 0 Å². The number of carbonyl (C=O) groups excluding carboxylic acids is 3. The third-order valence-electron chi connectivity index (χ3n) is 8.38. The third kappa shape index (κ3) is 8.77. The van der Waals surface area contributed by atoms with Gasteiger partial charge in [-0.3, -0.25) is 14.4 Å². The molecule has 1 fully saturated rings. The summed E-state index contributed by atoms with van der Waals surface area (Å²) < 4.78 is 11.7. The van der Waals surface area contributed by atoms with Gasteiger partial charge in [0.15, 0.2) is 0 Å². The van der Waals surface area contributed by atoms with Gasteiger partial charge in [-0.25, -0.2) is 0 Å². The quantitative estimate of drug-likeness (QED) is 0.359. The second-order valence-corrected chi connectivity index (χ2v) is 11.1. The van der Waals surface area contributed by atoms with E-state index in [2.05, 4.69) is 31.3 Å². The van der Waals surface area contributed by atoms with Crippen LogP contribution in [0.15, 0.2) is 30.3 Å². The largest absolute Gasteiger partial charge is 0.379 e. The molecule has 2 rings (SSSR count). The summed E-state index contributed by atoms with van der Waals surface area (Å²) >= 11 is 0. The highest BCUT2D eigenvalue weighted by Gasteiger charge is 2.41. The number of ether oxygens (including phenoxy) is 2. The Kier molecular flexibility index (Phi) is 13.4. The van der Waals surface area contributed by atoms with Gasteiger partial charge in [-0.1, -0.05) is 64.4 Å². The van der Waals surface area contributed by atoms with Crippen LogP contribution in [-0.2, 0) is 30.3 Å². The first-order valence-corrected chi connectivity index (χ1v) is 14.5. The Labute approximate surface area is 235 Å². The van der Waals surface area contributed by atoms with Gasteiger partial charge in [0.2, 0.25) is 17.7 Å². The minimum atomic E-state index is -0.425. The molecule has 0 bridgehead atoms. The molecule has 0 unspecified atom stereocenters. The summed E-state index contributed by atoms with van der Waals surface area (Å²) in [6.45, 7) is 10.5. The molecule has 220 valence electrons. The van der Waals surface area contributed by atoms with Crippen molar-refractivity contribution < 1.29 is 23.9 Å². The lowest BCUT2D eigenvalue weighted by Crippen LogP contribution is -2.53. The molecule has 1 aromatic rings. The zero-order chi connectivity index (χ0) is 29.1. The minimum absolute atomic E-state index is 0.0241. The Hall–Kier alpha value is -2.45. The van der Waals surface area contributed by atoms with Gasteiger partial charge in [0.25, 0.3) is 0 Å². The number of amides is 3. The molecule has 1 aliphatic rings. The van der Waals surface area contributed by atoms with Gasteiger partial charge in [-0.2, -0.15) is 0 Å². The van der Waals surface area contributed by atoms with Crippen molar-refractivity contribution >= 4 is 17.7 Å². The lowest BCUT2D eigenvalue weighted by atomic mass is 9.90. The van der Waals surface area contributed by atoms with E-state index >= 15 is 0 Å². The van der Waals surface area contributed by atoms with E-state index in [-0.39, 0.29) is 48.2 Å². The lowest BCUT2D eigenvalue weighted by molar-refractivity contribution is -0.145. The van der Waals surface area contributed by atoms with E-state index in [0.29, 0.717) is 13.0 Å². The molecule has 0 spiro atoms. The summed E-state index contributed by atoms with van der Waals surface area (Å²) in [6.07, 6.45) is 2.99. The highest BCUT2D eigenvalue weighted by molar-refractivity contribution is 5.80. The van der Waals surface area contributed by atoms with E-state index in [1.54, 1.807) is 26.2 Å². The summed E-state index contributed by atoms with van der Waals surface area (Å²) in [7, 11) is 5.03. The predicted molar refractivity (Wildman–Crippen MR) is 154 cm³/mol. The standard InChI is InChI=1S/C31H51N3O5/c1-9-21(3)29(33(6)27(35)10-2)26(38-7)20-28(36)34-18-14-17-25(34)30(39-8)23(5)31(37)32-22(4)19-24-15-12-11-13-16-24/h11-13,15-16,21-23,25-26,29-30H,9-10,14,17-20H2,1-8H3,(H,32,37)/t21-,22+,23+,25-,26+,29-,30+/m0/s1. The zero-order valence-corrected chi connectivity index (χ0v) is 25.3. The summed E-state index contributed by atoms with van der Waals surface area (Å²) in [4.78, 5) is 43.1. The van der Waals surface area contributed by atoms with Crippen LogP contribution in [0.25, 0.3) is 0 Å². The van der Waals surface area contributed by atoms with E-state index in [4.69, 9.17) is 9.47 Å². The highest BCUT2D eigenvalue weighted by Crippen LogP contribution is 2.29. The number of likely N-dealkylation sites (N-methyl/N-ethyl adjacent to an activating group) is 1. The van der Waals surface area contributed by atoms with Crippen molar-refractivity contribution in [3.8, 4) is 0 Å². The van der Waals surface area contributed by atoms with Crippen molar-refractivity contribution in [1.82, 2.24) is 15.1 Å². The molecule has 1 aromatic carbocycles. The normalized spacial score (nSPS) is 20.0. The number of carbonyl (C=O) groups is 3. The molecule has 0 aromatic heterocycles. The first-order chi connectivity index (χ1) is 18.6. The summed E-state index contributed by atoms with van der Waals surface area (Å²) in [5, 5.41) is 3.13. The van der Waals surface area contributed by atoms with Crippen molar-refractivity contribution in [3.05, 3.63) is 35.9 Å². The number of likely N-dealkylation sites (tertiary alicyclic amines) is 1. The monoisotopic (exact) mass is 545 g/mol. The molecule has 0 saturated carbocycles. The smallest absolute Gasteiger partial charge is 0.225 e. The van der Waals surface area contributed by atoms with Gasteiger partial charge in [-0.05, 0) is 37.7 Å². The Morgan fingerprint density at radius 1 is 1.08 bits per heavy atom. The topological polar surface area (TPSA) is 88.2 Å². The zero-order valence-electron chi connectivity index (χ0n) is 25.3. The van der Waals surface area contributed by atoms with Gasteiger partial charge in [0.05, 0.1) is 36.6 Å². The average Bonchev–Trinajstić information content (AvgIpc) is 3.42. The van der Waals surface area contributed by atoms with E-state index in [9.17, 15) is 14.4 Å². The summed E-state index contributed by atoms with van der Waals surface area (Å²) in [5.74, 6) is -0.315. The van der Waals surface area contributed by atoms with Crippen LogP contribution < -0.4 is 5.32 Å². The number of hydrogen-bond donors (Lipinski definition) is 1. The van der Waals surface area contributed by atoms with Crippen LogP contribution in [-0.4, -0.2) is 85.7 Å². The van der Waals surface area contributed by atoms with Gasteiger partial charge in [0, 0.05) is 40.3 Å². The Balaban J connectivity index is 2.11. The number of hydrogen-bond acceptors (Lipinski definition) is 5. The van der Waals surface area contributed by atoms with E-state index in [1.165, 1.54) is 5.56 Å². The SMILES string of the molecule is CCC(=O)N(C)[C@@H]([C@@H](C)CC)[C@@H](CC(=O)N1CCC[C@H]1[C@H](OC)[C@@H](C)C(=O)N[C@H](C)Cc1ccccc1)OC. The van der Waals surface area contributed by atoms with Crippen molar-refractivity contribution in [2.75, 3.05) is 27.8 Å². The average molecular weight is 546 g/mol. The number of benzene rings is 1. The minimum Gasteiger partial charge on any atom is -0.379 e. The van der Waals surface area contributed by atoms with Crippen molar-refractivity contribution in [2.45, 2.75) is 103 Å². The van der Waals surface area contributed by atoms with Crippen LogP contribution in [0.2, 0.25) is 0 Å². The van der Waals surface area contributed by atoms with Crippen molar-refractivity contribution in [1.29, 1.82) is 0 Å². The first-order valence-electron chi connectivity index (χ1n) is 14.5. The van der Waals surface area contributed by atoms with Gasteiger partial charge >= 0.3 is 0 Å². The van der Waals surface area contributed by atoms with Crippen LogP contribution in [0.4, 0.5) is 0 Å². The van der Waals surface area contributed by atoms with Crippen molar-refractivity contribution in [3.63, 3.8) is 0 Å². The molecule has 7 atom stereocenters. The number of rotatable bonds is 15. The summed E-state index contributed by atoms with van der Waals surface area (Å²) in [6, 6.07) is 9.67. The number of nitrogens with one attached hydrogen (secondary N) is 1. The molecule has 3 amide bonds. The second-order valence-electron chi connectivity index (χ2n) is 11.1. The molecule has 0 aliphatic carbocycles. The van der Waals surface area contributed by atoms with Crippen molar-refractivity contribution in [2.24, 2.45) is 11.8 Å². The van der Waals surface area contributed by atoms with Gasteiger partial charge in [0.1, 0.15) is 0 Å². The van der Waals surface area contributed by atoms with Crippen LogP contribution >= 0.6 is 0 Å². The van der Waals surface area contributed by atoms with E-state index < -0.39 is 18.1 Å². The Morgan fingerprint density at radius 2 is 1.74 bits per heavy atom. The maximum atomic E-state index is 13.7. The maximum absolute atomic E-state index is 13.7. The Bertz CT molecular complexity index is 911. The molecular formula is C31H51N3O5. The fourth-order valence-electron chi connectivity index (χ4n) is 5.97. The summed E-state index contributed by atoms with van der Waals surface area (Å²) in [5.41, 5.74) is 1.17. The van der Waals surface area contributed by atoms with E-state index in [1.807, 2.05) is 43.9 Å². The van der Waals surface area contributed by atoms with Crippen LogP contribution in [0.3, 0.4) is 0 Å². The molecule has 0 radical (unpaired) electrons. The van der Waals surface area contributed by atoms with Crippen LogP contribution in [0.1, 0.15) is 72.3 Å². The number of nitrogens with zero attached hydrogens (tertiary/aromatic N) is 2. The Morgan fingerprint density at radius 3 is 2.31 bits per heavy atom. The molecular weight excluding hydrogens is 494 g/mol. The third-order valence-corrected chi connectivity index (χ3v) is 8.38. The molecule has 8 heteroatoms. The van der Waals surface area contributed by atoms with Crippen LogP contribution in [0.5, 0.6) is 0 Å². The lowest BCUT2D eigenvalue weighted by Gasteiger charge is -2.39. The van der Waals surface area contributed by atoms with Crippen LogP contribution in [0, 0.1) is 11.8 Å². The van der Waals surface area contributed by atoms with E-state index in [0.717, 1.165) is 25.7 Å². The number of methoxy groups -OCH3 is 2. The first kappa shape index (κ1) is 32.8. The molecule has 1 saturated heterocycles. The molecule has 8 nitrogen and oxygen atoms in total. The van der Waals surface area contributed by atoms with Gasteiger partial charge < -0.3 is 24.6 Å². The molecule has 1 aliphatic heterocycles.